The SMILES string of the molecule is CCCC(N)c1c(OC)ccc2[nH]ccc12. The lowest BCUT2D eigenvalue weighted by Crippen LogP contribution is -2.11. The molecular weight excluding hydrogens is 200 g/mol. The zero-order valence-electron chi connectivity index (χ0n) is 9.79. The Hall–Kier alpha value is -1.48. The van der Waals surface area contributed by atoms with E-state index in [1.165, 1.54) is 5.39 Å². The van der Waals surface area contributed by atoms with Crippen molar-refractivity contribution in [2.24, 2.45) is 5.73 Å². The van der Waals surface area contributed by atoms with Crippen molar-refractivity contribution < 1.29 is 4.74 Å². The second-order valence-corrected chi connectivity index (χ2v) is 4.02. The highest BCUT2D eigenvalue weighted by Crippen LogP contribution is 2.33. The molecule has 0 spiro atoms. The summed E-state index contributed by atoms with van der Waals surface area (Å²) in [4.78, 5) is 3.20. The number of hydrogen-bond acceptors (Lipinski definition) is 2. The van der Waals surface area contributed by atoms with E-state index < -0.39 is 0 Å². The molecule has 2 aromatic rings. The molecule has 3 heteroatoms. The number of aromatic amines is 1. The van der Waals surface area contributed by atoms with Crippen molar-refractivity contribution >= 4 is 10.9 Å². The monoisotopic (exact) mass is 218 g/mol. The molecule has 1 heterocycles. The van der Waals surface area contributed by atoms with Crippen LogP contribution in [0.3, 0.4) is 0 Å². The van der Waals surface area contributed by atoms with Gasteiger partial charge >= 0.3 is 0 Å². The molecule has 0 aliphatic rings. The first-order chi connectivity index (χ1) is 7.77. The third-order valence-electron chi connectivity index (χ3n) is 2.93. The Morgan fingerprint density at radius 3 is 2.88 bits per heavy atom. The Kier molecular flexibility index (Phi) is 3.15. The first-order valence-electron chi connectivity index (χ1n) is 5.67. The van der Waals surface area contributed by atoms with Crippen LogP contribution in [0.4, 0.5) is 0 Å². The Bertz CT molecular complexity index is 476. The van der Waals surface area contributed by atoms with Crippen LogP contribution in [0.1, 0.15) is 31.4 Å². The van der Waals surface area contributed by atoms with E-state index in [-0.39, 0.29) is 6.04 Å². The lowest BCUT2D eigenvalue weighted by atomic mass is 9.98. The van der Waals surface area contributed by atoms with Crippen LogP contribution in [0, 0.1) is 0 Å². The van der Waals surface area contributed by atoms with E-state index in [1.54, 1.807) is 7.11 Å². The van der Waals surface area contributed by atoms with Gasteiger partial charge in [-0.15, -0.1) is 0 Å². The molecule has 1 aromatic heterocycles. The van der Waals surface area contributed by atoms with Crippen molar-refractivity contribution in [1.29, 1.82) is 0 Å². The maximum absolute atomic E-state index is 6.21. The molecule has 3 N–H and O–H groups in total. The van der Waals surface area contributed by atoms with E-state index in [0.29, 0.717) is 0 Å². The smallest absolute Gasteiger partial charge is 0.124 e. The van der Waals surface area contributed by atoms with Crippen molar-refractivity contribution in [3.8, 4) is 5.75 Å². The molecule has 0 saturated carbocycles. The normalized spacial score (nSPS) is 12.9. The Labute approximate surface area is 95.6 Å². The highest BCUT2D eigenvalue weighted by molar-refractivity contribution is 5.85. The second kappa shape index (κ2) is 4.58. The average Bonchev–Trinajstić information content (AvgIpc) is 2.75. The second-order valence-electron chi connectivity index (χ2n) is 4.02. The maximum Gasteiger partial charge on any atom is 0.124 e. The van der Waals surface area contributed by atoms with Gasteiger partial charge in [-0.05, 0) is 24.6 Å². The van der Waals surface area contributed by atoms with Gasteiger partial charge in [0.2, 0.25) is 0 Å². The van der Waals surface area contributed by atoms with Gasteiger partial charge in [-0.2, -0.15) is 0 Å². The highest BCUT2D eigenvalue weighted by Gasteiger charge is 2.15. The summed E-state index contributed by atoms with van der Waals surface area (Å²) in [6.45, 7) is 2.14. The quantitative estimate of drug-likeness (QED) is 0.828. The molecule has 1 aromatic carbocycles. The Morgan fingerprint density at radius 2 is 2.19 bits per heavy atom. The Balaban J connectivity index is 2.56. The van der Waals surface area contributed by atoms with Crippen LogP contribution in [0.25, 0.3) is 10.9 Å². The van der Waals surface area contributed by atoms with Crippen LogP contribution in [0.5, 0.6) is 5.75 Å². The summed E-state index contributed by atoms with van der Waals surface area (Å²) in [7, 11) is 1.69. The molecule has 0 radical (unpaired) electrons. The van der Waals surface area contributed by atoms with Gasteiger partial charge in [0.15, 0.2) is 0 Å². The van der Waals surface area contributed by atoms with Crippen LogP contribution in [0.2, 0.25) is 0 Å². The van der Waals surface area contributed by atoms with Crippen molar-refractivity contribution in [3.05, 3.63) is 30.0 Å². The van der Waals surface area contributed by atoms with Gasteiger partial charge in [0, 0.05) is 28.7 Å². The number of rotatable bonds is 4. The minimum absolute atomic E-state index is 0.0412. The van der Waals surface area contributed by atoms with Crippen molar-refractivity contribution in [2.75, 3.05) is 7.11 Å². The molecule has 0 fully saturated rings. The zero-order chi connectivity index (χ0) is 11.5. The molecule has 0 amide bonds. The first kappa shape index (κ1) is 11.0. The van der Waals surface area contributed by atoms with Crippen LogP contribution >= 0.6 is 0 Å². The number of nitrogens with one attached hydrogen (secondary N) is 1. The van der Waals surface area contributed by atoms with Crippen LogP contribution in [-0.2, 0) is 0 Å². The summed E-state index contributed by atoms with van der Waals surface area (Å²) in [5, 5.41) is 1.17. The topological polar surface area (TPSA) is 51.0 Å². The average molecular weight is 218 g/mol. The molecule has 3 nitrogen and oxygen atoms in total. The fourth-order valence-corrected chi connectivity index (χ4v) is 2.15. The molecule has 86 valence electrons. The summed E-state index contributed by atoms with van der Waals surface area (Å²) in [5.41, 5.74) is 8.44. The molecule has 16 heavy (non-hydrogen) atoms. The number of nitrogens with two attached hydrogens (primary N) is 1. The summed E-state index contributed by atoms with van der Waals surface area (Å²) in [6.07, 6.45) is 3.98. The molecule has 0 bridgehead atoms. The largest absolute Gasteiger partial charge is 0.496 e. The number of H-pyrrole nitrogens is 1. The molecule has 0 aliphatic heterocycles. The molecular formula is C13H18N2O. The summed E-state index contributed by atoms with van der Waals surface area (Å²) >= 11 is 0. The van der Waals surface area contributed by atoms with E-state index in [9.17, 15) is 0 Å². The molecule has 1 unspecified atom stereocenters. The third-order valence-corrected chi connectivity index (χ3v) is 2.93. The lowest BCUT2D eigenvalue weighted by Gasteiger charge is -2.16. The first-order valence-corrected chi connectivity index (χ1v) is 5.67. The number of ether oxygens (including phenoxy) is 1. The van der Waals surface area contributed by atoms with Gasteiger partial charge in [0.05, 0.1) is 7.11 Å². The summed E-state index contributed by atoms with van der Waals surface area (Å²) in [5.74, 6) is 0.882. The predicted octanol–water partition coefficient (Wildman–Crippen LogP) is 2.98. The molecule has 1 atom stereocenters. The van der Waals surface area contributed by atoms with Gasteiger partial charge in [-0.25, -0.2) is 0 Å². The number of fused-ring (bicyclic) bond motifs is 1. The summed E-state index contributed by atoms with van der Waals surface area (Å²) < 4.78 is 5.40. The fourth-order valence-electron chi connectivity index (χ4n) is 2.15. The number of benzene rings is 1. The van der Waals surface area contributed by atoms with Gasteiger partial charge < -0.3 is 15.5 Å². The minimum Gasteiger partial charge on any atom is -0.496 e. The van der Waals surface area contributed by atoms with Gasteiger partial charge in [-0.1, -0.05) is 13.3 Å². The van der Waals surface area contributed by atoms with E-state index in [4.69, 9.17) is 10.5 Å². The molecule has 0 aliphatic carbocycles. The van der Waals surface area contributed by atoms with Crippen LogP contribution in [-0.4, -0.2) is 12.1 Å². The van der Waals surface area contributed by atoms with Crippen LogP contribution < -0.4 is 10.5 Å². The minimum atomic E-state index is 0.0412. The van der Waals surface area contributed by atoms with E-state index in [2.05, 4.69) is 18.0 Å². The van der Waals surface area contributed by atoms with Gasteiger partial charge in [0.25, 0.3) is 0 Å². The zero-order valence-corrected chi connectivity index (χ0v) is 9.79. The number of methoxy groups -OCH3 is 1. The standard InChI is InChI=1S/C13H18N2O/c1-3-4-10(14)13-9-7-8-15-11(9)5-6-12(13)16-2/h5-8,10,15H,3-4,14H2,1-2H3. The Morgan fingerprint density at radius 1 is 1.38 bits per heavy atom. The number of aromatic nitrogens is 1. The van der Waals surface area contributed by atoms with Gasteiger partial charge in [-0.3, -0.25) is 0 Å². The fraction of sp³-hybridized carbons (Fsp3) is 0.385. The summed E-state index contributed by atoms with van der Waals surface area (Å²) in [6, 6.07) is 6.10. The lowest BCUT2D eigenvalue weighted by molar-refractivity contribution is 0.405. The van der Waals surface area contributed by atoms with Crippen molar-refractivity contribution in [3.63, 3.8) is 0 Å². The maximum atomic E-state index is 6.21. The molecule has 2 rings (SSSR count). The highest BCUT2D eigenvalue weighted by atomic mass is 16.5. The van der Waals surface area contributed by atoms with Crippen LogP contribution in [0.15, 0.2) is 24.4 Å². The van der Waals surface area contributed by atoms with E-state index >= 15 is 0 Å². The van der Waals surface area contributed by atoms with E-state index in [1.807, 2.05) is 18.3 Å². The van der Waals surface area contributed by atoms with Gasteiger partial charge in [0.1, 0.15) is 5.75 Å². The number of hydrogen-bond donors (Lipinski definition) is 2. The van der Waals surface area contributed by atoms with E-state index in [0.717, 1.165) is 29.7 Å². The third kappa shape index (κ3) is 1.78. The van der Waals surface area contributed by atoms with Crippen molar-refractivity contribution in [2.45, 2.75) is 25.8 Å². The predicted molar refractivity (Wildman–Crippen MR) is 66.7 cm³/mol. The van der Waals surface area contributed by atoms with Crippen molar-refractivity contribution in [1.82, 2.24) is 4.98 Å². The molecule has 0 saturated heterocycles.